The molecule has 0 aromatic heterocycles. The fraction of sp³-hybridized carbons (Fsp3) is 0.500. The SMILES string of the molecule is NC(Cc1ccccc1S(=O)(=O)C(F)(F)F)C1CC1. The Hall–Kier alpha value is -1.08. The summed E-state index contributed by atoms with van der Waals surface area (Å²) in [4.78, 5) is -0.682. The molecule has 7 heteroatoms. The highest BCUT2D eigenvalue weighted by atomic mass is 32.2. The van der Waals surface area contributed by atoms with Gasteiger partial charge < -0.3 is 5.73 Å². The summed E-state index contributed by atoms with van der Waals surface area (Å²) in [6.45, 7) is 0. The molecule has 0 amide bonds. The van der Waals surface area contributed by atoms with E-state index in [2.05, 4.69) is 0 Å². The molecule has 0 radical (unpaired) electrons. The van der Waals surface area contributed by atoms with Gasteiger partial charge in [-0.2, -0.15) is 13.2 Å². The van der Waals surface area contributed by atoms with Gasteiger partial charge in [-0.25, -0.2) is 8.42 Å². The average Bonchev–Trinajstić information content (AvgIpc) is 3.11. The van der Waals surface area contributed by atoms with E-state index < -0.39 is 20.2 Å². The van der Waals surface area contributed by atoms with Crippen LogP contribution in [0.3, 0.4) is 0 Å². The second-order valence-corrected chi connectivity index (χ2v) is 6.67. The van der Waals surface area contributed by atoms with Crippen LogP contribution in [0.5, 0.6) is 0 Å². The molecule has 0 heterocycles. The van der Waals surface area contributed by atoms with Crippen LogP contribution in [0.25, 0.3) is 0 Å². The molecule has 19 heavy (non-hydrogen) atoms. The number of halogens is 3. The first-order chi connectivity index (χ1) is 8.73. The molecule has 0 saturated heterocycles. The Morgan fingerprint density at radius 2 is 1.84 bits per heavy atom. The molecule has 1 aliphatic rings. The molecule has 0 bridgehead atoms. The summed E-state index contributed by atoms with van der Waals surface area (Å²) in [6.07, 6.45) is 2.06. The van der Waals surface area contributed by atoms with Gasteiger partial charge in [0.2, 0.25) is 0 Å². The van der Waals surface area contributed by atoms with Crippen molar-refractivity contribution in [2.45, 2.75) is 35.7 Å². The summed E-state index contributed by atoms with van der Waals surface area (Å²) < 4.78 is 60.7. The topological polar surface area (TPSA) is 60.2 Å². The van der Waals surface area contributed by atoms with E-state index in [1.54, 1.807) is 0 Å². The van der Waals surface area contributed by atoms with Gasteiger partial charge in [0.05, 0.1) is 4.90 Å². The lowest BCUT2D eigenvalue weighted by Gasteiger charge is -2.15. The van der Waals surface area contributed by atoms with Crippen molar-refractivity contribution < 1.29 is 21.6 Å². The molecular weight excluding hydrogens is 279 g/mol. The van der Waals surface area contributed by atoms with Crippen molar-refractivity contribution >= 4 is 9.84 Å². The van der Waals surface area contributed by atoms with Crippen molar-refractivity contribution in [3.63, 3.8) is 0 Å². The predicted octanol–water partition coefficient (Wildman–Crippen LogP) is 2.26. The molecular formula is C12H14F3NO2S. The zero-order valence-electron chi connectivity index (χ0n) is 10.0. The van der Waals surface area contributed by atoms with Crippen molar-refractivity contribution in [2.75, 3.05) is 0 Å². The third-order valence-electron chi connectivity index (χ3n) is 3.25. The number of nitrogens with two attached hydrogens (primary N) is 1. The molecule has 1 unspecified atom stereocenters. The van der Waals surface area contributed by atoms with Gasteiger partial charge in [0, 0.05) is 6.04 Å². The summed E-state index contributed by atoms with van der Waals surface area (Å²) in [5, 5.41) is 0. The molecule has 1 aromatic rings. The zero-order valence-corrected chi connectivity index (χ0v) is 10.8. The first-order valence-corrected chi connectivity index (χ1v) is 7.36. The van der Waals surface area contributed by atoms with Gasteiger partial charge in [0.25, 0.3) is 9.84 Å². The highest BCUT2D eigenvalue weighted by Gasteiger charge is 2.47. The fourth-order valence-electron chi connectivity index (χ4n) is 2.00. The standard InChI is InChI=1S/C12H14F3NO2S/c13-12(14,15)19(17,18)11-4-2-1-3-9(11)7-10(16)8-5-6-8/h1-4,8,10H,5-7,16H2. The van der Waals surface area contributed by atoms with E-state index in [1.165, 1.54) is 18.2 Å². The van der Waals surface area contributed by atoms with Crippen LogP contribution < -0.4 is 5.73 Å². The maximum absolute atomic E-state index is 12.6. The number of hydrogen-bond donors (Lipinski definition) is 1. The van der Waals surface area contributed by atoms with E-state index >= 15 is 0 Å². The molecule has 3 nitrogen and oxygen atoms in total. The Kier molecular flexibility index (Phi) is 3.61. The van der Waals surface area contributed by atoms with Crippen molar-refractivity contribution in [1.29, 1.82) is 0 Å². The van der Waals surface area contributed by atoms with Gasteiger partial charge in [0.15, 0.2) is 0 Å². The van der Waals surface area contributed by atoms with E-state index in [1.807, 2.05) is 0 Å². The molecule has 1 aliphatic carbocycles. The van der Waals surface area contributed by atoms with Crippen molar-refractivity contribution in [3.05, 3.63) is 29.8 Å². The Morgan fingerprint density at radius 1 is 1.26 bits per heavy atom. The van der Waals surface area contributed by atoms with E-state index in [-0.39, 0.29) is 18.0 Å². The zero-order chi connectivity index (χ0) is 14.3. The monoisotopic (exact) mass is 293 g/mol. The van der Waals surface area contributed by atoms with E-state index in [4.69, 9.17) is 5.73 Å². The molecule has 2 rings (SSSR count). The smallest absolute Gasteiger partial charge is 0.327 e. The van der Waals surface area contributed by atoms with E-state index in [0.717, 1.165) is 18.9 Å². The van der Waals surface area contributed by atoms with Gasteiger partial charge in [-0.05, 0) is 36.8 Å². The van der Waals surface area contributed by atoms with Gasteiger partial charge in [0.1, 0.15) is 0 Å². The lowest BCUT2D eigenvalue weighted by atomic mass is 10.0. The fourth-order valence-corrected chi connectivity index (χ4v) is 3.01. The third-order valence-corrected chi connectivity index (χ3v) is 4.84. The predicted molar refractivity (Wildman–Crippen MR) is 64.1 cm³/mol. The van der Waals surface area contributed by atoms with Gasteiger partial charge in [-0.15, -0.1) is 0 Å². The van der Waals surface area contributed by atoms with Gasteiger partial charge in [-0.1, -0.05) is 18.2 Å². The minimum Gasteiger partial charge on any atom is -0.327 e. The number of hydrogen-bond acceptors (Lipinski definition) is 3. The van der Waals surface area contributed by atoms with E-state index in [9.17, 15) is 21.6 Å². The lowest BCUT2D eigenvalue weighted by Crippen LogP contribution is -2.28. The second kappa shape index (κ2) is 4.79. The van der Waals surface area contributed by atoms with E-state index in [0.29, 0.717) is 5.92 Å². The van der Waals surface area contributed by atoms with Crippen LogP contribution in [0.15, 0.2) is 29.2 Å². The van der Waals surface area contributed by atoms with Crippen molar-refractivity contribution in [1.82, 2.24) is 0 Å². The molecule has 0 aliphatic heterocycles. The molecule has 106 valence electrons. The molecule has 1 aromatic carbocycles. The maximum Gasteiger partial charge on any atom is 0.501 e. The van der Waals surface area contributed by atoms with Crippen LogP contribution in [0.4, 0.5) is 13.2 Å². The quantitative estimate of drug-likeness (QED) is 0.926. The summed E-state index contributed by atoms with van der Waals surface area (Å²) in [7, 11) is -5.31. The highest BCUT2D eigenvalue weighted by Crippen LogP contribution is 2.36. The minimum atomic E-state index is -5.31. The number of alkyl halides is 3. The summed E-state index contributed by atoms with van der Waals surface area (Å²) in [5.74, 6) is 0.293. The normalized spacial score (nSPS) is 18.3. The van der Waals surface area contributed by atoms with Gasteiger partial charge >= 0.3 is 5.51 Å². The maximum atomic E-state index is 12.6. The molecule has 1 fully saturated rings. The van der Waals surface area contributed by atoms with Crippen LogP contribution in [-0.4, -0.2) is 20.0 Å². The van der Waals surface area contributed by atoms with Crippen LogP contribution in [0, 0.1) is 5.92 Å². The minimum absolute atomic E-state index is 0.138. The summed E-state index contributed by atoms with van der Waals surface area (Å²) in [5.41, 5.74) is 0.709. The number of benzene rings is 1. The summed E-state index contributed by atoms with van der Waals surface area (Å²) in [6, 6.07) is 4.89. The summed E-state index contributed by atoms with van der Waals surface area (Å²) >= 11 is 0. The number of rotatable bonds is 4. The molecule has 0 spiro atoms. The van der Waals surface area contributed by atoms with Crippen LogP contribution in [-0.2, 0) is 16.3 Å². The third kappa shape index (κ3) is 2.92. The molecule has 1 saturated carbocycles. The van der Waals surface area contributed by atoms with Gasteiger partial charge in [-0.3, -0.25) is 0 Å². The van der Waals surface area contributed by atoms with Crippen molar-refractivity contribution in [3.8, 4) is 0 Å². The molecule has 2 N–H and O–H groups in total. The van der Waals surface area contributed by atoms with Crippen LogP contribution in [0.2, 0.25) is 0 Å². The Balaban J connectivity index is 2.36. The first kappa shape index (κ1) is 14.3. The Bertz CT molecular complexity index is 565. The van der Waals surface area contributed by atoms with Crippen LogP contribution in [0.1, 0.15) is 18.4 Å². The Labute approximate surface area is 109 Å². The van der Waals surface area contributed by atoms with Crippen molar-refractivity contribution in [2.24, 2.45) is 11.7 Å². The van der Waals surface area contributed by atoms with Crippen LogP contribution >= 0.6 is 0 Å². The lowest BCUT2D eigenvalue weighted by molar-refractivity contribution is -0.0436. The Morgan fingerprint density at radius 3 is 2.37 bits per heavy atom. The second-order valence-electron chi connectivity index (χ2n) is 4.76. The molecule has 1 atom stereocenters. The first-order valence-electron chi connectivity index (χ1n) is 5.88. The number of sulfone groups is 1. The highest BCUT2D eigenvalue weighted by molar-refractivity contribution is 7.92. The average molecular weight is 293 g/mol. The largest absolute Gasteiger partial charge is 0.501 e.